The minimum atomic E-state index is -0.555. The van der Waals surface area contributed by atoms with Crippen LogP contribution >= 0.6 is 11.6 Å². The van der Waals surface area contributed by atoms with Crippen LogP contribution in [0, 0.1) is 16.0 Å². The number of carbonyl (C=O) groups is 2. The smallest absolute Gasteiger partial charge is 0.269 e. The number of carbonyl (C=O) groups excluding carboxylic acids is 2. The van der Waals surface area contributed by atoms with Crippen molar-refractivity contribution in [3.8, 4) is 0 Å². The standard InChI is InChI=1S/C20H17ClN4O4/c21-13-4-2-12(3-5-13)17-16-18(23-11-1-10-22(17)23)20(27)24(19(16)26)14-6-8-15(9-7-14)25(28)29/h2-9,16-18H,1,10-11H2/t16-,17-,18+/m1/s1. The van der Waals surface area contributed by atoms with Gasteiger partial charge in [-0.05, 0) is 36.2 Å². The number of hydrazine groups is 1. The van der Waals surface area contributed by atoms with E-state index in [1.165, 1.54) is 29.2 Å². The van der Waals surface area contributed by atoms with Crippen LogP contribution in [0.1, 0.15) is 18.0 Å². The van der Waals surface area contributed by atoms with Gasteiger partial charge < -0.3 is 0 Å². The third-order valence-corrected chi connectivity index (χ3v) is 6.19. The third kappa shape index (κ3) is 2.67. The molecular weight excluding hydrogens is 396 g/mol. The van der Waals surface area contributed by atoms with Gasteiger partial charge in [-0.3, -0.25) is 19.7 Å². The highest BCUT2D eigenvalue weighted by atomic mass is 35.5. The molecule has 9 heteroatoms. The van der Waals surface area contributed by atoms with Gasteiger partial charge in [0.25, 0.3) is 11.6 Å². The predicted molar refractivity (Wildman–Crippen MR) is 105 cm³/mol. The Labute approximate surface area is 171 Å². The summed E-state index contributed by atoms with van der Waals surface area (Å²) >= 11 is 6.03. The number of hydrogen-bond donors (Lipinski definition) is 0. The van der Waals surface area contributed by atoms with E-state index in [4.69, 9.17) is 11.6 Å². The molecule has 0 N–H and O–H groups in total. The Morgan fingerprint density at radius 2 is 1.52 bits per heavy atom. The van der Waals surface area contributed by atoms with Crippen LogP contribution in [0.25, 0.3) is 0 Å². The quantitative estimate of drug-likeness (QED) is 0.437. The Balaban J connectivity index is 1.54. The predicted octanol–water partition coefficient (Wildman–Crippen LogP) is 2.78. The maximum absolute atomic E-state index is 13.4. The lowest BCUT2D eigenvalue weighted by atomic mass is 9.90. The Morgan fingerprint density at radius 3 is 2.14 bits per heavy atom. The van der Waals surface area contributed by atoms with Gasteiger partial charge in [0.05, 0.1) is 22.6 Å². The molecule has 2 aromatic carbocycles. The molecule has 0 bridgehead atoms. The lowest BCUT2D eigenvalue weighted by Gasteiger charge is -2.29. The van der Waals surface area contributed by atoms with Gasteiger partial charge in [-0.1, -0.05) is 23.7 Å². The first-order valence-corrected chi connectivity index (χ1v) is 9.76. The largest absolute Gasteiger partial charge is 0.274 e. The molecule has 0 saturated carbocycles. The number of rotatable bonds is 3. The van der Waals surface area contributed by atoms with Crippen LogP contribution in [0.15, 0.2) is 48.5 Å². The summed E-state index contributed by atoms with van der Waals surface area (Å²) in [5.74, 6) is -1.08. The number of imide groups is 1. The zero-order valence-corrected chi connectivity index (χ0v) is 16.0. The number of nitro groups is 1. The summed E-state index contributed by atoms with van der Waals surface area (Å²) in [7, 11) is 0. The van der Waals surface area contributed by atoms with E-state index in [1.807, 2.05) is 17.1 Å². The molecule has 3 atom stereocenters. The fraction of sp³-hybridized carbons (Fsp3) is 0.300. The van der Waals surface area contributed by atoms with Crippen LogP contribution in [0.3, 0.4) is 0 Å². The molecule has 5 rings (SSSR count). The fourth-order valence-electron chi connectivity index (χ4n) is 4.75. The maximum Gasteiger partial charge on any atom is 0.269 e. The summed E-state index contributed by atoms with van der Waals surface area (Å²) in [4.78, 5) is 38.2. The van der Waals surface area contributed by atoms with Crippen molar-refractivity contribution in [2.45, 2.75) is 18.5 Å². The van der Waals surface area contributed by atoms with Crippen LogP contribution in [-0.2, 0) is 9.59 Å². The van der Waals surface area contributed by atoms with E-state index in [9.17, 15) is 19.7 Å². The van der Waals surface area contributed by atoms with Crippen molar-refractivity contribution in [1.29, 1.82) is 0 Å². The number of nitrogens with zero attached hydrogens (tertiary/aromatic N) is 4. The van der Waals surface area contributed by atoms with Crippen molar-refractivity contribution in [3.63, 3.8) is 0 Å². The molecular formula is C20H17ClN4O4. The van der Waals surface area contributed by atoms with E-state index in [1.54, 1.807) is 12.1 Å². The van der Waals surface area contributed by atoms with Crippen molar-refractivity contribution in [2.24, 2.45) is 5.92 Å². The zero-order chi connectivity index (χ0) is 20.3. The average Bonchev–Trinajstić information content (AvgIpc) is 3.35. The molecule has 29 heavy (non-hydrogen) atoms. The summed E-state index contributed by atoms with van der Waals surface area (Å²) in [5.41, 5.74) is 1.22. The van der Waals surface area contributed by atoms with E-state index < -0.39 is 16.9 Å². The highest BCUT2D eigenvalue weighted by Gasteiger charge is 2.62. The second kappa shape index (κ2) is 6.62. The monoisotopic (exact) mass is 412 g/mol. The molecule has 3 saturated heterocycles. The van der Waals surface area contributed by atoms with Crippen molar-refractivity contribution in [3.05, 3.63) is 69.2 Å². The molecule has 0 aromatic heterocycles. The number of hydrogen-bond acceptors (Lipinski definition) is 6. The van der Waals surface area contributed by atoms with E-state index in [-0.39, 0.29) is 23.5 Å². The maximum atomic E-state index is 13.4. The number of non-ortho nitro benzene ring substituents is 1. The van der Waals surface area contributed by atoms with E-state index >= 15 is 0 Å². The second-order valence-corrected chi connectivity index (χ2v) is 7.87. The molecule has 3 aliphatic rings. The Bertz CT molecular complexity index is 1010. The van der Waals surface area contributed by atoms with Crippen LogP contribution < -0.4 is 4.90 Å². The topological polar surface area (TPSA) is 87.0 Å². The van der Waals surface area contributed by atoms with Crippen molar-refractivity contribution >= 4 is 34.8 Å². The van der Waals surface area contributed by atoms with Gasteiger partial charge in [-0.25, -0.2) is 14.9 Å². The highest BCUT2D eigenvalue weighted by Crippen LogP contribution is 2.49. The van der Waals surface area contributed by atoms with Gasteiger partial charge in [-0.2, -0.15) is 0 Å². The van der Waals surface area contributed by atoms with Gasteiger partial charge in [0.15, 0.2) is 0 Å². The molecule has 148 valence electrons. The number of nitro benzene ring substituents is 1. The van der Waals surface area contributed by atoms with Crippen LogP contribution in [0.4, 0.5) is 11.4 Å². The lowest BCUT2D eigenvalue weighted by Crippen LogP contribution is -2.44. The van der Waals surface area contributed by atoms with Crippen molar-refractivity contribution in [1.82, 2.24) is 10.0 Å². The zero-order valence-electron chi connectivity index (χ0n) is 15.3. The molecule has 8 nitrogen and oxygen atoms in total. The van der Waals surface area contributed by atoms with Crippen molar-refractivity contribution in [2.75, 3.05) is 18.0 Å². The van der Waals surface area contributed by atoms with Crippen molar-refractivity contribution < 1.29 is 14.5 Å². The SMILES string of the molecule is O=C1[C@H]2[C@@H](C(=O)N1c1ccc([N+](=O)[O-])cc1)N1CCCN1[C@@H]2c1ccc(Cl)cc1. The first-order chi connectivity index (χ1) is 14.0. The first kappa shape index (κ1) is 18.2. The lowest BCUT2D eigenvalue weighted by molar-refractivity contribution is -0.384. The molecule has 0 spiro atoms. The molecule has 3 aliphatic heterocycles. The Morgan fingerprint density at radius 1 is 0.897 bits per heavy atom. The summed E-state index contributed by atoms with van der Waals surface area (Å²) in [6.45, 7) is 1.51. The van der Waals surface area contributed by atoms with Gasteiger partial charge in [0.2, 0.25) is 5.91 Å². The number of fused-ring (bicyclic) bond motifs is 3. The third-order valence-electron chi connectivity index (χ3n) is 5.94. The van der Waals surface area contributed by atoms with Gasteiger partial charge in [0, 0.05) is 30.2 Å². The number of anilines is 1. The van der Waals surface area contributed by atoms with E-state index in [0.717, 1.165) is 25.1 Å². The summed E-state index contributed by atoms with van der Waals surface area (Å²) in [6.07, 6.45) is 0.923. The molecule has 3 fully saturated rings. The number of benzene rings is 2. The fourth-order valence-corrected chi connectivity index (χ4v) is 4.88. The summed E-state index contributed by atoms with van der Waals surface area (Å²) in [5, 5.41) is 15.7. The molecule has 2 amide bonds. The molecule has 3 heterocycles. The normalized spacial score (nSPS) is 26.8. The van der Waals surface area contributed by atoms with Gasteiger partial charge >= 0.3 is 0 Å². The summed E-state index contributed by atoms with van der Waals surface area (Å²) in [6, 6.07) is 12.1. The van der Waals surface area contributed by atoms with Crippen LogP contribution in [-0.4, -0.2) is 45.9 Å². The minimum absolute atomic E-state index is 0.0854. The van der Waals surface area contributed by atoms with E-state index in [0.29, 0.717) is 10.7 Å². The second-order valence-electron chi connectivity index (χ2n) is 7.43. The molecule has 0 radical (unpaired) electrons. The first-order valence-electron chi connectivity index (χ1n) is 9.38. The minimum Gasteiger partial charge on any atom is -0.274 e. The van der Waals surface area contributed by atoms with Crippen LogP contribution in [0.2, 0.25) is 5.02 Å². The molecule has 2 aromatic rings. The summed E-state index contributed by atoms with van der Waals surface area (Å²) < 4.78 is 0. The number of halogens is 1. The highest BCUT2D eigenvalue weighted by molar-refractivity contribution is 6.30. The molecule has 0 aliphatic carbocycles. The average molecular weight is 413 g/mol. The number of amides is 2. The molecule has 0 unspecified atom stereocenters. The van der Waals surface area contributed by atoms with Gasteiger partial charge in [-0.15, -0.1) is 0 Å². The van der Waals surface area contributed by atoms with Gasteiger partial charge in [0.1, 0.15) is 6.04 Å². The van der Waals surface area contributed by atoms with Crippen LogP contribution in [0.5, 0.6) is 0 Å². The Kier molecular flexibility index (Phi) is 4.16. The van der Waals surface area contributed by atoms with E-state index in [2.05, 4.69) is 5.01 Å². The Hall–Kier alpha value is -2.81.